The Bertz CT molecular complexity index is 273. The summed E-state index contributed by atoms with van der Waals surface area (Å²) in [6, 6.07) is 7.31. The number of rotatable bonds is 3. The van der Waals surface area contributed by atoms with Gasteiger partial charge in [0.05, 0.1) is 6.10 Å². The Balaban J connectivity index is 3.04. The van der Waals surface area contributed by atoms with Gasteiger partial charge >= 0.3 is 0 Å². The van der Waals surface area contributed by atoms with E-state index in [1.165, 1.54) is 0 Å². The van der Waals surface area contributed by atoms with Crippen LogP contribution in [0.25, 0.3) is 0 Å². The summed E-state index contributed by atoms with van der Waals surface area (Å²) in [5.41, 5.74) is 0.783. The second kappa shape index (κ2) is 4.65. The van der Waals surface area contributed by atoms with Crippen molar-refractivity contribution in [1.29, 1.82) is 0 Å². The fourth-order valence-corrected chi connectivity index (χ4v) is 2.04. The maximum absolute atomic E-state index is 11.3. The van der Waals surface area contributed by atoms with Crippen LogP contribution < -0.4 is 0 Å². The Morgan fingerprint density at radius 2 is 2.08 bits per heavy atom. The van der Waals surface area contributed by atoms with E-state index in [-0.39, 0.29) is 0 Å². The van der Waals surface area contributed by atoms with Gasteiger partial charge in [0.2, 0.25) is 0 Å². The monoisotopic (exact) mass is 198 g/mol. The molecular formula is C10H14O2S. The van der Waals surface area contributed by atoms with Gasteiger partial charge in [0.1, 0.15) is 6.26 Å². The quantitative estimate of drug-likeness (QED) is 0.753. The molecule has 0 aromatic heterocycles. The first-order valence-electron chi connectivity index (χ1n) is 4.27. The lowest BCUT2D eigenvalue weighted by Gasteiger charge is -2.13. The van der Waals surface area contributed by atoms with Crippen LogP contribution in [0.15, 0.2) is 29.2 Å². The zero-order chi connectivity index (χ0) is 9.84. The summed E-state index contributed by atoms with van der Waals surface area (Å²) in [6.07, 6.45) is 1.77. The second-order valence-electron chi connectivity index (χ2n) is 2.92. The lowest BCUT2D eigenvalue weighted by Crippen LogP contribution is -2.05. The van der Waals surface area contributed by atoms with E-state index >= 15 is 0 Å². The van der Waals surface area contributed by atoms with Crippen molar-refractivity contribution in [2.24, 2.45) is 0 Å². The Hall–Kier alpha value is -0.510. The molecule has 1 aromatic rings. The molecule has 0 bridgehead atoms. The molecule has 2 unspecified atom stereocenters. The van der Waals surface area contributed by atoms with E-state index in [4.69, 9.17) is 0 Å². The molecule has 0 heterocycles. The molecule has 0 radical (unpaired) electrons. The molecule has 1 N–H and O–H groups in total. The average Bonchev–Trinajstić information content (AvgIpc) is 2.16. The van der Waals surface area contributed by atoms with Gasteiger partial charge in [-0.25, -0.2) is 0 Å². The van der Waals surface area contributed by atoms with Crippen LogP contribution >= 0.6 is 0 Å². The molecule has 0 saturated carbocycles. The molecule has 0 amide bonds. The van der Waals surface area contributed by atoms with Gasteiger partial charge in [-0.1, -0.05) is 25.1 Å². The predicted molar refractivity (Wildman–Crippen MR) is 54.0 cm³/mol. The molecule has 0 fully saturated rings. The smallest absolute Gasteiger partial charge is 0.158 e. The summed E-state index contributed by atoms with van der Waals surface area (Å²) in [5, 5.41) is 9.62. The number of benzene rings is 1. The van der Waals surface area contributed by atoms with Crippen LogP contribution in [0.2, 0.25) is 0 Å². The highest BCUT2D eigenvalue weighted by atomic mass is 32.2. The highest BCUT2D eigenvalue weighted by Crippen LogP contribution is 2.23. The van der Waals surface area contributed by atoms with Crippen molar-refractivity contribution in [3.63, 3.8) is 0 Å². The summed E-state index contributed by atoms with van der Waals surface area (Å²) in [5.74, 6) is 0. The van der Waals surface area contributed by atoms with E-state index in [1.54, 1.807) is 12.3 Å². The Labute approximate surface area is 81.8 Å². The molecule has 0 aliphatic carbocycles. The van der Waals surface area contributed by atoms with Gasteiger partial charge in [0, 0.05) is 5.56 Å². The van der Waals surface area contributed by atoms with E-state index in [0.29, 0.717) is 6.42 Å². The van der Waals surface area contributed by atoms with Gasteiger partial charge in [0.15, 0.2) is 4.90 Å². The van der Waals surface area contributed by atoms with Crippen LogP contribution in [-0.4, -0.2) is 15.9 Å². The highest BCUT2D eigenvalue weighted by molar-refractivity contribution is 7.90. The first kappa shape index (κ1) is 10.6. The van der Waals surface area contributed by atoms with Gasteiger partial charge < -0.3 is 9.66 Å². The Kier molecular flexibility index (Phi) is 3.78. The molecule has 2 atom stereocenters. The number of aliphatic hydroxyl groups is 1. The summed E-state index contributed by atoms with van der Waals surface area (Å²) in [4.78, 5) is 0.733. The van der Waals surface area contributed by atoms with Gasteiger partial charge in [-0.2, -0.15) is 0 Å². The molecule has 2 nitrogen and oxygen atoms in total. The fraction of sp³-hybridized carbons (Fsp3) is 0.400. The minimum Gasteiger partial charge on any atom is -0.612 e. The van der Waals surface area contributed by atoms with Crippen LogP contribution in [0.4, 0.5) is 0 Å². The van der Waals surface area contributed by atoms with Crippen LogP contribution in [0.5, 0.6) is 0 Å². The van der Waals surface area contributed by atoms with Crippen LogP contribution in [0, 0.1) is 0 Å². The Morgan fingerprint density at radius 3 is 2.62 bits per heavy atom. The standard InChI is InChI=1S/C10H14O2S/c1-3-9(11)8-6-4-5-7-10(8)13(2)12/h4-7,9,11H,3H2,1-2H3. The topological polar surface area (TPSA) is 43.3 Å². The average molecular weight is 198 g/mol. The molecule has 0 aliphatic heterocycles. The zero-order valence-corrected chi connectivity index (χ0v) is 8.67. The van der Waals surface area contributed by atoms with Gasteiger partial charge in [-0.05, 0) is 23.7 Å². The van der Waals surface area contributed by atoms with Gasteiger partial charge in [0.25, 0.3) is 0 Å². The third kappa shape index (κ3) is 2.46. The lowest BCUT2D eigenvalue weighted by atomic mass is 10.1. The Morgan fingerprint density at radius 1 is 1.46 bits per heavy atom. The third-order valence-corrected chi connectivity index (χ3v) is 2.97. The summed E-state index contributed by atoms with van der Waals surface area (Å²) >= 11 is -1.02. The van der Waals surface area contributed by atoms with E-state index in [9.17, 15) is 9.66 Å². The normalized spacial score (nSPS) is 15.4. The SMILES string of the molecule is CCC(O)c1ccccc1[S+](C)[O-]. The molecule has 0 saturated heterocycles. The van der Waals surface area contributed by atoms with Gasteiger partial charge in [-0.3, -0.25) is 0 Å². The van der Waals surface area contributed by atoms with Gasteiger partial charge in [-0.15, -0.1) is 0 Å². The maximum atomic E-state index is 11.3. The van der Waals surface area contributed by atoms with Crippen molar-refractivity contribution >= 4 is 11.2 Å². The molecule has 72 valence electrons. The minimum absolute atomic E-state index is 0.500. The zero-order valence-electron chi connectivity index (χ0n) is 7.86. The molecule has 0 aliphatic rings. The summed E-state index contributed by atoms with van der Waals surface area (Å²) in [7, 11) is 0. The van der Waals surface area contributed by atoms with Crippen molar-refractivity contribution in [2.75, 3.05) is 6.26 Å². The van der Waals surface area contributed by atoms with Crippen molar-refractivity contribution in [3.05, 3.63) is 29.8 Å². The fourth-order valence-electron chi connectivity index (χ4n) is 1.24. The van der Waals surface area contributed by atoms with Crippen molar-refractivity contribution < 1.29 is 9.66 Å². The molecule has 0 spiro atoms. The van der Waals surface area contributed by atoms with Crippen molar-refractivity contribution in [3.8, 4) is 0 Å². The van der Waals surface area contributed by atoms with E-state index in [0.717, 1.165) is 10.5 Å². The minimum atomic E-state index is -1.02. The van der Waals surface area contributed by atoms with E-state index in [2.05, 4.69) is 0 Å². The maximum Gasteiger partial charge on any atom is 0.158 e. The van der Waals surface area contributed by atoms with Crippen LogP contribution in [-0.2, 0) is 11.2 Å². The second-order valence-corrected chi connectivity index (χ2v) is 4.26. The van der Waals surface area contributed by atoms with Crippen LogP contribution in [0.1, 0.15) is 25.0 Å². The molecular weight excluding hydrogens is 184 g/mol. The lowest BCUT2D eigenvalue weighted by molar-refractivity contribution is 0.170. The predicted octanol–water partition coefficient (Wildman–Crippen LogP) is 1.87. The van der Waals surface area contributed by atoms with Crippen molar-refractivity contribution in [2.45, 2.75) is 24.3 Å². The summed E-state index contributed by atoms with van der Waals surface area (Å²) in [6.45, 7) is 1.90. The largest absolute Gasteiger partial charge is 0.612 e. The van der Waals surface area contributed by atoms with Crippen LogP contribution in [0.3, 0.4) is 0 Å². The third-order valence-electron chi connectivity index (χ3n) is 1.97. The molecule has 1 rings (SSSR count). The van der Waals surface area contributed by atoms with E-state index < -0.39 is 17.3 Å². The number of aliphatic hydroxyl groups excluding tert-OH is 1. The number of hydrogen-bond acceptors (Lipinski definition) is 2. The first-order chi connectivity index (χ1) is 6.16. The van der Waals surface area contributed by atoms with Crippen molar-refractivity contribution in [1.82, 2.24) is 0 Å². The first-order valence-corrected chi connectivity index (χ1v) is 5.83. The highest BCUT2D eigenvalue weighted by Gasteiger charge is 2.15. The molecule has 3 heteroatoms. The molecule has 1 aromatic carbocycles. The summed E-state index contributed by atoms with van der Waals surface area (Å²) < 4.78 is 11.3. The van der Waals surface area contributed by atoms with E-state index in [1.807, 2.05) is 25.1 Å². The molecule has 13 heavy (non-hydrogen) atoms. The number of hydrogen-bond donors (Lipinski definition) is 1.